The summed E-state index contributed by atoms with van der Waals surface area (Å²) < 4.78 is 10.4. The van der Waals surface area contributed by atoms with Gasteiger partial charge in [0.25, 0.3) is 0 Å². The summed E-state index contributed by atoms with van der Waals surface area (Å²) in [7, 11) is 1.72. The maximum absolute atomic E-state index is 5.42. The van der Waals surface area contributed by atoms with E-state index in [0.29, 0.717) is 6.04 Å². The Labute approximate surface area is 87.1 Å². The zero-order valence-corrected chi connectivity index (χ0v) is 9.42. The molecule has 0 heterocycles. The molecule has 0 bridgehead atoms. The van der Waals surface area contributed by atoms with Gasteiger partial charge in [0.1, 0.15) is 0 Å². The largest absolute Gasteiger partial charge is 0.385 e. The van der Waals surface area contributed by atoms with Gasteiger partial charge < -0.3 is 9.47 Å². The van der Waals surface area contributed by atoms with E-state index in [4.69, 9.17) is 15.3 Å². The Morgan fingerprint density at radius 2 is 2.00 bits per heavy atom. The van der Waals surface area contributed by atoms with E-state index < -0.39 is 0 Å². The molecular weight excluding hydrogens is 180 g/mol. The first kappa shape index (κ1) is 13.8. The highest BCUT2D eigenvalue weighted by Gasteiger charge is 2.05. The van der Waals surface area contributed by atoms with Crippen molar-refractivity contribution in [3.8, 4) is 0 Å². The van der Waals surface area contributed by atoms with E-state index >= 15 is 0 Å². The Kier molecular flexibility index (Phi) is 10.8. The van der Waals surface area contributed by atoms with E-state index in [9.17, 15) is 0 Å². The van der Waals surface area contributed by atoms with Crippen molar-refractivity contribution in [1.29, 1.82) is 0 Å². The lowest BCUT2D eigenvalue weighted by atomic mass is 10.1. The van der Waals surface area contributed by atoms with E-state index in [-0.39, 0.29) is 0 Å². The van der Waals surface area contributed by atoms with Gasteiger partial charge in [0.2, 0.25) is 0 Å². The van der Waals surface area contributed by atoms with Crippen LogP contribution in [0.2, 0.25) is 0 Å². The van der Waals surface area contributed by atoms with Gasteiger partial charge in [0.05, 0.1) is 0 Å². The van der Waals surface area contributed by atoms with Gasteiger partial charge in [-0.15, -0.1) is 0 Å². The lowest BCUT2D eigenvalue weighted by Crippen LogP contribution is -2.36. The number of methoxy groups -OCH3 is 1. The minimum atomic E-state index is 0.349. The van der Waals surface area contributed by atoms with Crippen LogP contribution < -0.4 is 11.3 Å². The molecule has 0 aromatic rings. The average Bonchev–Trinajstić information content (AvgIpc) is 2.22. The van der Waals surface area contributed by atoms with Gasteiger partial charge in [0.15, 0.2) is 0 Å². The molecule has 0 aliphatic rings. The summed E-state index contributed by atoms with van der Waals surface area (Å²) in [6.07, 6.45) is 4.13. The molecule has 4 nitrogen and oxygen atoms in total. The number of hydrazine groups is 1. The summed E-state index contributed by atoms with van der Waals surface area (Å²) in [5.41, 5.74) is 2.80. The fourth-order valence-corrected chi connectivity index (χ4v) is 1.26. The van der Waals surface area contributed by atoms with Crippen LogP contribution in [0.4, 0.5) is 0 Å². The maximum Gasteiger partial charge on any atom is 0.0481 e. The van der Waals surface area contributed by atoms with E-state index in [1.54, 1.807) is 7.11 Å². The van der Waals surface area contributed by atoms with Crippen LogP contribution in [-0.4, -0.2) is 33.0 Å². The molecule has 0 radical (unpaired) electrons. The van der Waals surface area contributed by atoms with Gasteiger partial charge in [-0.25, -0.2) is 0 Å². The van der Waals surface area contributed by atoms with E-state index in [0.717, 1.165) is 45.5 Å². The van der Waals surface area contributed by atoms with Gasteiger partial charge >= 0.3 is 0 Å². The summed E-state index contributed by atoms with van der Waals surface area (Å²) in [4.78, 5) is 0. The third kappa shape index (κ3) is 8.44. The summed E-state index contributed by atoms with van der Waals surface area (Å²) in [6.45, 7) is 4.54. The third-order valence-corrected chi connectivity index (χ3v) is 2.10. The monoisotopic (exact) mass is 204 g/mol. The summed E-state index contributed by atoms with van der Waals surface area (Å²) in [5.74, 6) is 5.42. The maximum atomic E-state index is 5.42. The second-order valence-corrected chi connectivity index (χ2v) is 3.40. The lowest BCUT2D eigenvalue weighted by Gasteiger charge is -2.15. The minimum absolute atomic E-state index is 0.349. The van der Waals surface area contributed by atoms with Gasteiger partial charge in [0, 0.05) is 33.0 Å². The van der Waals surface area contributed by atoms with Crippen LogP contribution in [0.1, 0.15) is 32.6 Å². The van der Waals surface area contributed by atoms with E-state index in [1.807, 2.05) is 0 Å². The highest BCUT2D eigenvalue weighted by molar-refractivity contribution is 4.62. The van der Waals surface area contributed by atoms with Gasteiger partial charge in [-0.3, -0.25) is 11.3 Å². The first-order valence-corrected chi connectivity index (χ1v) is 5.38. The highest BCUT2D eigenvalue weighted by Crippen LogP contribution is 2.01. The van der Waals surface area contributed by atoms with Gasteiger partial charge in [-0.2, -0.15) is 0 Å². The first-order valence-electron chi connectivity index (χ1n) is 5.38. The summed E-state index contributed by atoms with van der Waals surface area (Å²) >= 11 is 0. The predicted molar refractivity (Wildman–Crippen MR) is 57.9 cm³/mol. The normalized spacial score (nSPS) is 13.1. The smallest absolute Gasteiger partial charge is 0.0481 e. The number of nitrogens with one attached hydrogen (secondary N) is 1. The molecule has 0 aliphatic carbocycles. The van der Waals surface area contributed by atoms with Crippen molar-refractivity contribution in [2.24, 2.45) is 5.84 Å². The molecule has 0 rings (SSSR count). The molecule has 0 aromatic heterocycles. The molecule has 4 heteroatoms. The van der Waals surface area contributed by atoms with Crippen LogP contribution in [0.15, 0.2) is 0 Å². The predicted octanol–water partition coefficient (Wildman–Crippen LogP) is 1.06. The number of hydrogen-bond acceptors (Lipinski definition) is 4. The molecule has 1 unspecified atom stereocenters. The van der Waals surface area contributed by atoms with Crippen LogP contribution in [0.25, 0.3) is 0 Å². The van der Waals surface area contributed by atoms with Crippen molar-refractivity contribution in [1.82, 2.24) is 5.43 Å². The molecule has 86 valence electrons. The van der Waals surface area contributed by atoms with Crippen molar-refractivity contribution in [3.05, 3.63) is 0 Å². The average molecular weight is 204 g/mol. The second kappa shape index (κ2) is 10.9. The Bertz CT molecular complexity index is 112. The highest BCUT2D eigenvalue weighted by atomic mass is 16.5. The molecule has 0 saturated carbocycles. The SMILES string of the molecule is CCCOCCC(CCCOC)NN. The van der Waals surface area contributed by atoms with Crippen molar-refractivity contribution in [3.63, 3.8) is 0 Å². The van der Waals surface area contributed by atoms with Crippen molar-refractivity contribution < 1.29 is 9.47 Å². The van der Waals surface area contributed by atoms with E-state index in [2.05, 4.69) is 12.3 Å². The molecule has 1 atom stereocenters. The van der Waals surface area contributed by atoms with Gasteiger partial charge in [-0.1, -0.05) is 6.92 Å². The molecule has 0 aromatic carbocycles. The van der Waals surface area contributed by atoms with Crippen LogP contribution in [-0.2, 0) is 9.47 Å². The fourth-order valence-electron chi connectivity index (χ4n) is 1.26. The van der Waals surface area contributed by atoms with Crippen molar-refractivity contribution >= 4 is 0 Å². The number of hydrogen-bond donors (Lipinski definition) is 2. The molecule has 0 aliphatic heterocycles. The standard InChI is InChI=1S/C10H24N2O2/c1-3-7-14-9-6-10(12-11)5-4-8-13-2/h10,12H,3-9,11H2,1-2H3. The Morgan fingerprint density at radius 1 is 1.21 bits per heavy atom. The zero-order chi connectivity index (χ0) is 10.6. The quantitative estimate of drug-likeness (QED) is 0.317. The molecule has 0 fully saturated rings. The van der Waals surface area contributed by atoms with Crippen LogP contribution in [0.5, 0.6) is 0 Å². The lowest BCUT2D eigenvalue weighted by molar-refractivity contribution is 0.121. The van der Waals surface area contributed by atoms with Crippen LogP contribution in [0, 0.1) is 0 Å². The number of rotatable bonds is 10. The van der Waals surface area contributed by atoms with Crippen LogP contribution >= 0.6 is 0 Å². The second-order valence-electron chi connectivity index (χ2n) is 3.40. The number of nitrogens with two attached hydrogens (primary N) is 1. The van der Waals surface area contributed by atoms with Crippen LogP contribution in [0.3, 0.4) is 0 Å². The molecular formula is C10H24N2O2. The van der Waals surface area contributed by atoms with Gasteiger partial charge in [-0.05, 0) is 25.7 Å². The number of ether oxygens (including phenoxy) is 2. The Balaban J connectivity index is 3.28. The molecule has 0 amide bonds. The van der Waals surface area contributed by atoms with E-state index in [1.165, 1.54) is 0 Å². The first-order chi connectivity index (χ1) is 6.85. The Hall–Kier alpha value is -0.160. The Morgan fingerprint density at radius 3 is 2.57 bits per heavy atom. The van der Waals surface area contributed by atoms with Crippen molar-refractivity contribution in [2.75, 3.05) is 26.9 Å². The molecule has 0 saturated heterocycles. The minimum Gasteiger partial charge on any atom is -0.385 e. The summed E-state index contributed by atoms with van der Waals surface area (Å²) in [5, 5.41) is 0. The topological polar surface area (TPSA) is 56.5 Å². The molecule has 3 N–H and O–H groups in total. The summed E-state index contributed by atoms with van der Waals surface area (Å²) in [6, 6.07) is 0.349. The fraction of sp³-hybridized carbons (Fsp3) is 1.00. The molecule has 0 spiro atoms. The zero-order valence-electron chi connectivity index (χ0n) is 9.42. The third-order valence-electron chi connectivity index (χ3n) is 2.10. The molecule has 14 heavy (non-hydrogen) atoms. The van der Waals surface area contributed by atoms with Crippen molar-refractivity contribution in [2.45, 2.75) is 38.6 Å².